The number of aromatic amines is 1. The molecule has 0 atom stereocenters. The van der Waals surface area contributed by atoms with Gasteiger partial charge in [-0.1, -0.05) is 12.1 Å². The minimum Gasteiger partial charge on any atom is -0.323 e. The molecule has 0 aliphatic carbocycles. The number of pyridine rings is 1. The predicted molar refractivity (Wildman–Crippen MR) is 76.3 cm³/mol. The van der Waals surface area contributed by atoms with Gasteiger partial charge in [0.05, 0.1) is 22.9 Å². The Morgan fingerprint density at radius 3 is 3.05 bits per heavy atom. The zero-order chi connectivity index (χ0) is 13.1. The van der Waals surface area contributed by atoms with Gasteiger partial charge in [0.1, 0.15) is 0 Å². The van der Waals surface area contributed by atoms with Crippen molar-refractivity contribution in [3.05, 3.63) is 53.9 Å². The number of imidazole rings is 1. The number of aryl methyl sites for hydroxylation is 1. The molecule has 5 nitrogen and oxygen atoms in total. The normalized spacial score (nSPS) is 11.2. The fourth-order valence-corrected chi connectivity index (χ4v) is 1.79. The molecule has 1 aromatic carbocycles. The smallest absolute Gasteiger partial charge is 0.222 e. The molecule has 19 heavy (non-hydrogen) atoms. The van der Waals surface area contributed by atoms with Crippen LogP contribution in [0.2, 0.25) is 0 Å². The van der Waals surface area contributed by atoms with E-state index in [9.17, 15) is 0 Å². The Bertz CT molecular complexity index is 715. The molecule has 0 bridgehead atoms. The average molecular weight is 251 g/mol. The van der Waals surface area contributed by atoms with Gasteiger partial charge in [0.15, 0.2) is 0 Å². The first-order valence-corrected chi connectivity index (χ1v) is 5.98. The topological polar surface area (TPSA) is 66.0 Å². The van der Waals surface area contributed by atoms with Crippen molar-refractivity contribution in [1.82, 2.24) is 15.0 Å². The van der Waals surface area contributed by atoms with Gasteiger partial charge in [0, 0.05) is 6.20 Å². The summed E-state index contributed by atoms with van der Waals surface area (Å²) < 4.78 is 0. The molecule has 0 amide bonds. The first-order valence-electron chi connectivity index (χ1n) is 5.98. The summed E-state index contributed by atoms with van der Waals surface area (Å²) in [6.07, 6.45) is 3.38. The maximum absolute atomic E-state index is 4.38. The Hall–Kier alpha value is -2.69. The van der Waals surface area contributed by atoms with Gasteiger partial charge in [0.25, 0.3) is 0 Å². The number of hydrazone groups is 1. The van der Waals surface area contributed by atoms with Crippen LogP contribution >= 0.6 is 0 Å². The van der Waals surface area contributed by atoms with Crippen LogP contribution in [0.3, 0.4) is 0 Å². The number of nitrogens with zero attached hydrogens (tertiary/aromatic N) is 3. The quantitative estimate of drug-likeness (QED) is 0.555. The van der Waals surface area contributed by atoms with E-state index in [0.29, 0.717) is 5.95 Å². The molecule has 3 aromatic rings. The van der Waals surface area contributed by atoms with Crippen LogP contribution < -0.4 is 5.43 Å². The molecule has 0 radical (unpaired) electrons. The summed E-state index contributed by atoms with van der Waals surface area (Å²) in [5.41, 5.74) is 6.77. The molecular weight excluding hydrogens is 238 g/mol. The lowest BCUT2D eigenvalue weighted by Crippen LogP contribution is -1.93. The lowest BCUT2D eigenvalue weighted by molar-refractivity contribution is 1.21. The third-order valence-electron chi connectivity index (χ3n) is 2.69. The first kappa shape index (κ1) is 11.4. The van der Waals surface area contributed by atoms with Crippen molar-refractivity contribution in [2.75, 3.05) is 5.43 Å². The highest BCUT2D eigenvalue weighted by Gasteiger charge is 2.00. The fourth-order valence-electron chi connectivity index (χ4n) is 1.79. The number of rotatable bonds is 3. The first-order chi connectivity index (χ1) is 9.31. The zero-order valence-electron chi connectivity index (χ0n) is 10.5. The van der Waals surface area contributed by atoms with Crippen LogP contribution in [-0.4, -0.2) is 21.2 Å². The van der Waals surface area contributed by atoms with Gasteiger partial charge in [-0.3, -0.25) is 4.98 Å². The van der Waals surface area contributed by atoms with Gasteiger partial charge in [-0.15, -0.1) is 0 Å². The van der Waals surface area contributed by atoms with Crippen molar-refractivity contribution in [2.45, 2.75) is 6.92 Å². The summed E-state index contributed by atoms with van der Waals surface area (Å²) >= 11 is 0. The van der Waals surface area contributed by atoms with Gasteiger partial charge >= 0.3 is 0 Å². The second kappa shape index (κ2) is 4.89. The third-order valence-corrected chi connectivity index (χ3v) is 2.69. The maximum atomic E-state index is 4.38. The molecular formula is C14H13N5. The highest BCUT2D eigenvalue weighted by molar-refractivity contribution is 5.79. The Morgan fingerprint density at radius 1 is 1.26 bits per heavy atom. The summed E-state index contributed by atoms with van der Waals surface area (Å²) in [4.78, 5) is 11.7. The molecule has 2 N–H and O–H groups in total. The number of nitrogens with one attached hydrogen (secondary N) is 2. The molecule has 0 unspecified atom stereocenters. The van der Waals surface area contributed by atoms with Crippen molar-refractivity contribution in [1.29, 1.82) is 0 Å². The molecule has 2 heterocycles. The second-order valence-electron chi connectivity index (χ2n) is 4.23. The monoisotopic (exact) mass is 251 g/mol. The molecule has 0 saturated carbocycles. The van der Waals surface area contributed by atoms with Crippen LogP contribution in [0.4, 0.5) is 5.95 Å². The van der Waals surface area contributed by atoms with Gasteiger partial charge in [-0.2, -0.15) is 5.10 Å². The number of aromatic nitrogens is 3. The molecule has 0 aliphatic heterocycles. The number of hydrogen-bond acceptors (Lipinski definition) is 4. The van der Waals surface area contributed by atoms with E-state index >= 15 is 0 Å². The van der Waals surface area contributed by atoms with Crippen LogP contribution in [0.5, 0.6) is 0 Å². The van der Waals surface area contributed by atoms with Crippen molar-refractivity contribution < 1.29 is 0 Å². The summed E-state index contributed by atoms with van der Waals surface area (Å²) in [7, 11) is 0. The Labute approximate surface area is 110 Å². The van der Waals surface area contributed by atoms with E-state index in [1.807, 2.05) is 37.3 Å². The molecule has 2 aromatic heterocycles. The Balaban J connectivity index is 1.77. The van der Waals surface area contributed by atoms with E-state index in [1.54, 1.807) is 12.4 Å². The maximum Gasteiger partial charge on any atom is 0.222 e. The second-order valence-corrected chi connectivity index (χ2v) is 4.23. The largest absolute Gasteiger partial charge is 0.323 e. The van der Waals surface area contributed by atoms with E-state index in [-0.39, 0.29) is 0 Å². The van der Waals surface area contributed by atoms with Gasteiger partial charge in [0.2, 0.25) is 5.95 Å². The zero-order valence-corrected chi connectivity index (χ0v) is 10.5. The highest BCUT2D eigenvalue weighted by Crippen LogP contribution is 2.15. The number of H-pyrrole nitrogens is 1. The van der Waals surface area contributed by atoms with E-state index in [0.717, 1.165) is 16.7 Å². The Kier molecular flexibility index (Phi) is 2.94. The number of anilines is 1. The van der Waals surface area contributed by atoms with E-state index in [4.69, 9.17) is 0 Å². The molecule has 0 aliphatic rings. The van der Waals surface area contributed by atoms with E-state index in [2.05, 4.69) is 31.5 Å². The molecule has 0 spiro atoms. The highest BCUT2D eigenvalue weighted by atomic mass is 15.4. The minimum atomic E-state index is 0.618. The van der Waals surface area contributed by atoms with Crippen molar-refractivity contribution in [2.24, 2.45) is 5.10 Å². The number of hydrogen-bond donors (Lipinski definition) is 2. The van der Waals surface area contributed by atoms with E-state index in [1.165, 1.54) is 5.56 Å². The minimum absolute atomic E-state index is 0.618. The fraction of sp³-hybridized carbons (Fsp3) is 0.0714. The van der Waals surface area contributed by atoms with Crippen LogP contribution in [0, 0.1) is 6.92 Å². The molecule has 0 saturated heterocycles. The molecule has 5 heteroatoms. The average Bonchev–Trinajstić information content (AvgIpc) is 2.82. The summed E-state index contributed by atoms with van der Waals surface area (Å²) in [6.45, 7) is 2.05. The van der Waals surface area contributed by atoms with Gasteiger partial charge < -0.3 is 4.98 Å². The van der Waals surface area contributed by atoms with Gasteiger partial charge in [-0.25, -0.2) is 10.4 Å². The Morgan fingerprint density at radius 2 is 2.21 bits per heavy atom. The van der Waals surface area contributed by atoms with Gasteiger partial charge in [-0.05, 0) is 36.8 Å². The van der Waals surface area contributed by atoms with Crippen LogP contribution in [0.25, 0.3) is 11.0 Å². The van der Waals surface area contributed by atoms with Crippen LogP contribution in [-0.2, 0) is 0 Å². The predicted octanol–water partition coefficient (Wildman–Crippen LogP) is 2.71. The lowest BCUT2D eigenvalue weighted by atomic mass is 10.2. The third kappa shape index (κ3) is 2.60. The van der Waals surface area contributed by atoms with Crippen LogP contribution in [0.1, 0.15) is 11.3 Å². The van der Waals surface area contributed by atoms with Crippen molar-refractivity contribution in [3.63, 3.8) is 0 Å². The summed E-state index contributed by atoms with van der Waals surface area (Å²) in [6, 6.07) is 11.7. The van der Waals surface area contributed by atoms with Crippen LogP contribution in [0.15, 0.2) is 47.7 Å². The summed E-state index contributed by atoms with van der Waals surface area (Å²) in [5, 5.41) is 4.10. The summed E-state index contributed by atoms with van der Waals surface area (Å²) in [5.74, 6) is 0.618. The van der Waals surface area contributed by atoms with E-state index < -0.39 is 0 Å². The number of fused-ring (bicyclic) bond motifs is 1. The SMILES string of the molecule is Cc1ccc2nc(N/N=C\c3ccccn3)[nH]c2c1. The molecule has 3 rings (SSSR count). The van der Waals surface area contributed by atoms with Crippen molar-refractivity contribution in [3.8, 4) is 0 Å². The molecule has 0 fully saturated rings. The molecule has 94 valence electrons. The standard InChI is InChI=1S/C14H13N5/c1-10-5-6-12-13(8-10)18-14(17-12)19-16-9-11-4-2-3-7-15-11/h2-9H,1H3,(H2,17,18,19)/b16-9-. The lowest BCUT2D eigenvalue weighted by Gasteiger charge is -1.93. The number of benzene rings is 1. The van der Waals surface area contributed by atoms with Crippen molar-refractivity contribution >= 4 is 23.2 Å².